The number of hydrogen-bond acceptors (Lipinski definition) is 3. The van der Waals surface area contributed by atoms with Crippen LogP contribution in [0.3, 0.4) is 0 Å². The molecule has 1 aromatic heterocycles. The monoisotopic (exact) mass is 277 g/mol. The Kier molecular flexibility index (Phi) is 3.17. The topological polar surface area (TPSA) is 43.8 Å². The Hall–Kier alpha value is -3.06. The normalized spacial score (nSPS) is 16.2. The first kappa shape index (κ1) is 12.9. The molecule has 0 saturated carbocycles. The second kappa shape index (κ2) is 5.14. The first-order valence-corrected chi connectivity index (χ1v) is 6.35. The van der Waals surface area contributed by atoms with E-state index in [0.29, 0.717) is 17.1 Å². The summed E-state index contributed by atoms with van der Waals surface area (Å²) in [7, 11) is 0. The third-order valence-electron chi connectivity index (χ3n) is 3.15. The second-order valence-electron chi connectivity index (χ2n) is 4.61. The molecule has 0 fully saturated rings. The van der Waals surface area contributed by atoms with Crippen molar-refractivity contribution in [3.05, 3.63) is 82.4 Å². The van der Waals surface area contributed by atoms with E-state index in [2.05, 4.69) is 4.85 Å². The van der Waals surface area contributed by atoms with Crippen LogP contribution in [0.2, 0.25) is 0 Å². The largest absolute Gasteiger partial charge is 0.465 e. The van der Waals surface area contributed by atoms with Gasteiger partial charge in [0.2, 0.25) is 0 Å². The molecule has 2 heterocycles. The van der Waals surface area contributed by atoms with Crippen LogP contribution < -0.4 is 0 Å². The van der Waals surface area contributed by atoms with E-state index in [0.717, 1.165) is 11.1 Å². The van der Waals surface area contributed by atoms with Gasteiger partial charge in [-0.1, -0.05) is 29.8 Å². The Morgan fingerprint density at radius 1 is 1.19 bits per heavy atom. The summed E-state index contributed by atoms with van der Waals surface area (Å²) in [6.07, 6.45) is 3.15. The minimum absolute atomic E-state index is 0.00309. The minimum atomic E-state index is -0.626. The summed E-state index contributed by atoms with van der Waals surface area (Å²) in [4.78, 5) is 15.1. The quantitative estimate of drug-likeness (QED) is 0.619. The van der Waals surface area contributed by atoms with E-state index >= 15 is 0 Å². The molecule has 102 valence electrons. The van der Waals surface area contributed by atoms with Gasteiger partial charge < -0.3 is 9.15 Å². The van der Waals surface area contributed by atoms with Gasteiger partial charge in [-0.15, -0.1) is 0 Å². The molecule has 2 aromatic rings. The number of furan rings is 1. The summed E-state index contributed by atoms with van der Waals surface area (Å²) in [5, 5.41) is 0. The van der Waals surface area contributed by atoms with Crippen LogP contribution in [0, 0.1) is 13.5 Å². The van der Waals surface area contributed by atoms with Crippen molar-refractivity contribution >= 4 is 17.6 Å². The molecule has 1 aliphatic heterocycles. The predicted molar refractivity (Wildman–Crippen MR) is 77.5 cm³/mol. The first-order chi connectivity index (χ1) is 10.2. The number of ether oxygens (including phenoxy) is 1. The Bertz CT molecular complexity index is 788. The standard InChI is InChI=1S/C17H11NO3/c1-11-5-7-12(8-6-11)15-14(10-13-4-3-9-20-13)21-17(19)16(15)18-2/h3-10H,1H3. The van der Waals surface area contributed by atoms with Gasteiger partial charge in [0.25, 0.3) is 5.70 Å². The van der Waals surface area contributed by atoms with E-state index in [1.807, 2.05) is 31.2 Å². The van der Waals surface area contributed by atoms with Crippen LogP contribution in [0.1, 0.15) is 16.9 Å². The number of nitrogens with zero attached hydrogens (tertiary/aromatic N) is 1. The molecule has 1 aliphatic rings. The van der Waals surface area contributed by atoms with E-state index in [9.17, 15) is 4.79 Å². The van der Waals surface area contributed by atoms with Gasteiger partial charge >= 0.3 is 5.97 Å². The number of benzene rings is 1. The summed E-state index contributed by atoms with van der Waals surface area (Å²) < 4.78 is 10.4. The van der Waals surface area contributed by atoms with Crippen molar-refractivity contribution in [3.8, 4) is 0 Å². The second-order valence-corrected chi connectivity index (χ2v) is 4.61. The van der Waals surface area contributed by atoms with Crippen LogP contribution in [0.15, 0.2) is 58.5 Å². The molecule has 0 saturated heterocycles. The molecule has 0 spiro atoms. The van der Waals surface area contributed by atoms with E-state index in [4.69, 9.17) is 15.7 Å². The van der Waals surface area contributed by atoms with Crippen LogP contribution >= 0.6 is 0 Å². The molecule has 4 nitrogen and oxygen atoms in total. The molecule has 0 amide bonds. The van der Waals surface area contributed by atoms with Gasteiger partial charge in [0.15, 0.2) is 0 Å². The summed E-state index contributed by atoms with van der Waals surface area (Å²) in [6, 6.07) is 11.1. The van der Waals surface area contributed by atoms with Crippen LogP contribution in [-0.4, -0.2) is 5.97 Å². The van der Waals surface area contributed by atoms with E-state index in [1.54, 1.807) is 18.2 Å². The zero-order chi connectivity index (χ0) is 14.8. The molecule has 4 heteroatoms. The molecule has 1 aromatic carbocycles. The molecule has 0 atom stereocenters. The van der Waals surface area contributed by atoms with E-state index in [-0.39, 0.29) is 5.70 Å². The third kappa shape index (κ3) is 2.37. The van der Waals surface area contributed by atoms with Crippen LogP contribution in [0.5, 0.6) is 0 Å². The zero-order valence-electron chi connectivity index (χ0n) is 11.3. The number of rotatable bonds is 2. The highest BCUT2D eigenvalue weighted by Crippen LogP contribution is 2.36. The number of allylic oxidation sites excluding steroid dienone is 1. The molecular formula is C17H11NO3. The predicted octanol–water partition coefficient (Wildman–Crippen LogP) is 3.82. The molecule has 3 rings (SSSR count). The van der Waals surface area contributed by atoms with Gasteiger partial charge in [0, 0.05) is 11.6 Å². The van der Waals surface area contributed by atoms with Crippen LogP contribution in [-0.2, 0) is 9.53 Å². The van der Waals surface area contributed by atoms with Crippen molar-refractivity contribution < 1.29 is 13.9 Å². The van der Waals surface area contributed by atoms with Crippen LogP contribution in [0.25, 0.3) is 16.5 Å². The van der Waals surface area contributed by atoms with E-state index < -0.39 is 5.97 Å². The highest BCUT2D eigenvalue weighted by molar-refractivity contribution is 6.09. The molecule has 0 aliphatic carbocycles. The molecule has 0 radical (unpaired) electrons. The lowest BCUT2D eigenvalue weighted by Gasteiger charge is -2.05. The summed E-state index contributed by atoms with van der Waals surface area (Å²) in [5.74, 6) is 0.275. The molecule has 0 unspecified atom stereocenters. The maximum atomic E-state index is 11.8. The van der Waals surface area contributed by atoms with E-state index in [1.165, 1.54) is 6.26 Å². The van der Waals surface area contributed by atoms with Gasteiger partial charge in [0.05, 0.1) is 12.8 Å². The lowest BCUT2D eigenvalue weighted by Crippen LogP contribution is -1.94. The number of carbonyl (C=O) groups excluding carboxylic acids is 1. The fraction of sp³-hybridized carbons (Fsp3) is 0.0588. The number of cyclic esters (lactones) is 1. The smallest absolute Gasteiger partial charge is 0.342 e. The fourth-order valence-corrected chi connectivity index (χ4v) is 2.12. The molecular weight excluding hydrogens is 266 g/mol. The van der Waals surface area contributed by atoms with Gasteiger partial charge in [-0.2, -0.15) is 0 Å². The first-order valence-electron chi connectivity index (χ1n) is 6.35. The molecule has 0 N–H and O–H groups in total. The average molecular weight is 277 g/mol. The summed E-state index contributed by atoms with van der Waals surface area (Å²) in [6.45, 7) is 9.18. The average Bonchev–Trinajstić information content (AvgIpc) is 3.08. The van der Waals surface area contributed by atoms with Crippen molar-refractivity contribution in [3.63, 3.8) is 0 Å². The number of aryl methyl sites for hydroxylation is 1. The Morgan fingerprint density at radius 2 is 1.95 bits per heavy atom. The fourth-order valence-electron chi connectivity index (χ4n) is 2.12. The number of carbonyl (C=O) groups is 1. The van der Waals surface area contributed by atoms with Crippen molar-refractivity contribution in [2.24, 2.45) is 0 Å². The summed E-state index contributed by atoms with van der Waals surface area (Å²) in [5.41, 5.74) is 2.38. The summed E-state index contributed by atoms with van der Waals surface area (Å²) >= 11 is 0. The van der Waals surface area contributed by atoms with Gasteiger partial charge in [-0.25, -0.2) is 4.85 Å². The minimum Gasteiger partial charge on any atom is -0.465 e. The molecule has 21 heavy (non-hydrogen) atoms. The maximum Gasteiger partial charge on any atom is 0.342 e. The lowest BCUT2D eigenvalue weighted by molar-refractivity contribution is -0.132. The van der Waals surface area contributed by atoms with Gasteiger partial charge in [0.1, 0.15) is 11.5 Å². The Balaban J connectivity index is 2.15. The number of hydrogen-bond donors (Lipinski definition) is 0. The lowest BCUT2D eigenvalue weighted by atomic mass is 10.0. The highest BCUT2D eigenvalue weighted by atomic mass is 16.5. The van der Waals surface area contributed by atoms with Gasteiger partial charge in [-0.05, 0) is 24.6 Å². The Morgan fingerprint density at radius 3 is 2.57 bits per heavy atom. The van der Waals surface area contributed by atoms with Gasteiger partial charge in [-0.3, -0.25) is 4.79 Å². The van der Waals surface area contributed by atoms with Crippen molar-refractivity contribution in [1.82, 2.24) is 0 Å². The van der Waals surface area contributed by atoms with Crippen molar-refractivity contribution in [2.45, 2.75) is 6.92 Å². The number of esters is 1. The van der Waals surface area contributed by atoms with Crippen molar-refractivity contribution in [2.75, 3.05) is 0 Å². The maximum absolute atomic E-state index is 11.8. The SMILES string of the molecule is [C-]#[N+]C1=C(c2ccc(C)cc2)C(=Cc2ccco2)OC1=O. The van der Waals surface area contributed by atoms with Crippen LogP contribution in [0.4, 0.5) is 0 Å². The third-order valence-corrected chi connectivity index (χ3v) is 3.15. The highest BCUT2D eigenvalue weighted by Gasteiger charge is 2.31. The Labute approximate surface area is 121 Å². The zero-order valence-corrected chi connectivity index (χ0v) is 11.3. The van der Waals surface area contributed by atoms with Crippen molar-refractivity contribution in [1.29, 1.82) is 0 Å². The molecule has 0 bridgehead atoms.